The van der Waals surface area contributed by atoms with Gasteiger partial charge in [-0.25, -0.2) is 0 Å². The van der Waals surface area contributed by atoms with Crippen LogP contribution in [-0.4, -0.2) is 44.9 Å². The van der Waals surface area contributed by atoms with Crippen LogP contribution in [0.25, 0.3) is 22.1 Å². The van der Waals surface area contributed by atoms with Crippen molar-refractivity contribution in [1.82, 2.24) is 0 Å². The van der Waals surface area contributed by atoms with Gasteiger partial charge in [-0.1, -0.05) is 12.1 Å². The first-order valence-corrected chi connectivity index (χ1v) is 12.1. The van der Waals surface area contributed by atoms with Gasteiger partial charge in [0.2, 0.25) is 5.43 Å². The highest BCUT2D eigenvalue weighted by atomic mass is 16.5. The topological polar surface area (TPSA) is 157 Å². The van der Waals surface area contributed by atoms with Crippen LogP contribution in [0.4, 0.5) is 0 Å². The fourth-order valence-corrected chi connectivity index (χ4v) is 4.79. The van der Waals surface area contributed by atoms with Gasteiger partial charge in [0.25, 0.3) is 5.91 Å². The summed E-state index contributed by atoms with van der Waals surface area (Å²) in [5.41, 5.74) is 6.48. The lowest BCUT2D eigenvalue weighted by Gasteiger charge is -2.26. The Hall–Kier alpha value is -5.19. The summed E-state index contributed by atoms with van der Waals surface area (Å²) in [7, 11) is 4.42. The van der Waals surface area contributed by atoms with E-state index in [0.29, 0.717) is 33.9 Å². The second kappa shape index (κ2) is 10.5. The fraction of sp³-hybridized carbons (Fsp3) is 0.207. The average Bonchev–Trinajstić information content (AvgIpc) is 2.94. The Labute approximate surface area is 227 Å². The van der Waals surface area contributed by atoms with Gasteiger partial charge in [0.05, 0.1) is 33.3 Å². The minimum Gasteiger partial charge on any atom is -0.507 e. The lowest BCUT2D eigenvalue weighted by Crippen LogP contribution is -2.22. The van der Waals surface area contributed by atoms with E-state index in [-0.39, 0.29) is 41.1 Å². The van der Waals surface area contributed by atoms with Crippen LogP contribution in [0.15, 0.2) is 57.9 Å². The van der Waals surface area contributed by atoms with Crippen LogP contribution in [0, 0.1) is 0 Å². The molecule has 1 unspecified atom stereocenters. The molecule has 1 aliphatic heterocycles. The number of ether oxygens (including phenoxy) is 5. The lowest BCUT2D eigenvalue weighted by molar-refractivity contribution is -0.135. The van der Waals surface area contributed by atoms with Crippen LogP contribution in [0.3, 0.4) is 0 Å². The Bertz CT molecular complexity index is 1710. The van der Waals surface area contributed by atoms with E-state index in [9.17, 15) is 19.5 Å². The third-order valence-corrected chi connectivity index (χ3v) is 6.62. The summed E-state index contributed by atoms with van der Waals surface area (Å²) in [4.78, 5) is 37.4. The molecule has 2 heterocycles. The summed E-state index contributed by atoms with van der Waals surface area (Å²) in [5, 5.41) is 10.8. The summed E-state index contributed by atoms with van der Waals surface area (Å²) in [6, 6.07) is 11.1. The Morgan fingerprint density at radius 3 is 2.38 bits per heavy atom. The molecule has 1 aliphatic rings. The van der Waals surface area contributed by atoms with Crippen molar-refractivity contribution in [2.45, 2.75) is 12.3 Å². The third-order valence-electron chi connectivity index (χ3n) is 6.62. The molecule has 0 fully saturated rings. The quantitative estimate of drug-likeness (QED) is 0.247. The zero-order chi connectivity index (χ0) is 28.6. The molecule has 0 aliphatic carbocycles. The highest BCUT2D eigenvalue weighted by molar-refractivity contribution is 5.94. The van der Waals surface area contributed by atoms with Crippen molar-refractivity contribution in [2.24, 2.45) is 5.73 Å². The number of carbonyl (C=O) groups excluding carboxylic acids is 2. The van der Waals surface area contributed by atoms with E-state index in [1.807, 2.05) is 0 Å². The maximum absolute atomic E-state index is 13.7. The lowest BCUT2D eigenvalue weighted by atomic mass is 9.84. The van der Waals surface area contributed by atoms with Crippen LogP contribution < -0.4 is 34.8 Å². The van der Waals surface area contributed by atoms with Crippen LogP contribution >= 0.6 is 0 Å². The van der Waals surface area contributed by atoms with E-state index < -0.39 is 29.0 Å². The number of aromatic hydroxyl groups is 1. The molecule has 0 bridgehead atoms. The number of methoxy groups -OCH3 is 3. The molecular weight excluding hydrogens is 522 g/mol. The molecule has 11 nitrogen and oxygen atoms in total. The van der Waals surface area contributed by atoms with Crippen LogP contribution in [-0.2, 0) is 9.59 Å². The number of amides is 1. The first-order chi connectivity index (χ1) is 19.2. The van der Waals surface area contributed by atoms with Gasteiger partial charge in [0.15, 0.2) is 29.6 Å². The smallest absolute Gasteiger partial charge is 0.312 e. The van der Waals surface area contributed by atoms with E-state index >= 15 is 0 Å². The van der Waals surface area contributed by atoms with Crippen molar-refractivity contribution < 1.29 is 42.8 Å². The molecular formula is C29H25NO10. The second-order valence-electron chi connectivity index (χ2n) is 8.96. The number of esters is 1. The minimum absolute atomic E-state index is 0.0673. The number of fused-ring (bicyclic) bond motifs is 3. The Balaban J connectivity index is 1.66. The molecule has 1 aromatic heterocycles. The molecule has 1 atom stereocenters. The first kappa shape index (κ1) is 26.4. The summed E-state index contributed by atoms with van der Waals surface area (Å²) < 4.78 is 32.9. The molecule has 11 heteroatoms. The number of benzene rings is 3. The van der Waals surface area contributed by atoms with Crippen molar-refractivity contribution in [3.8, 4) is 45.6 Å². The van der Waals surface area contributed by atoms with Gasteiger partial charge in [0, 0.05) is 17.5 Å². The highest BCUT2D eigenvalue weighted by Crippen LogP contribution is 2.47. The molecule has 0 spiro atoms. The van der Waals surface area contributed by atoms with Gasteiger partial charge < -0.3 is 38.9 Å². The van der Waals surface area contributed by atoms with E-state index in [0.717, 1.165) is 0 Å². The average molecular weight is 548 g/mol. The van der Waals surface area contributed by atoms with Gasteiger partial charge in [-0.15, -0.1) is 0 Å². The molecule has 4 aromatic rings. The maximum atomic E-state index is 13.7. The predicted octanol–water partition coefficient (Wildman–Crippen LogP) is 3.50. The SMILES string of the molecule is COc1ccc(-c2coc3c4c(cc(O)c3c2=O)OC(=O)CC4c2ccc(OCC(N)=O)c(OC)c2)cc1OC. The van der Waals surface area contributed by atoms with Crippen LogP contribution in [0.2, 0.25) is 0 Å². The Kier molecular flexibility index (Phi) is 6.95. The molecule has 0 saturated carbocycles. The van der Waals surface area contributed by atoms with E-state index in [2.05, 4.69) is 0 Å². The normalized spacial score (nSPS) is 14.3. The zero-order valence-corrected chi connectivity index (χ0v) is 21.8. The van der Waals surface area contributed by atoms with Gasteiger partial charge in [-0.2, -0.15) is 0 Å². The number of phenols is 1. The molecule has 0 radical (unpaired) electrons. The molecule has 5 rings (SSSR count). The van der Waals surface area contributed by atoms with Crippen molar-refractivity contribution in [3.05, 3.63) is 70.1 Å². The number of nitrogens with two attached hydrogens (primary N) is 1. The van der Waals surface area contributed by atoms with Gasteiger partial charge >= 0.3 is 5.97 Å². The first-order valence-electron chi connectivity index (χ1n) is 12.1. The maximum Gasteiger partial charge on any atom is 0.312 e. The summed E-state index contributed by atoms with van der Waals surface area (Å²) >= 11 is 0. The molecule has 3 aromatic carbocycles. The number of phenolic OH excluding ortho intramolecular Hbond substituents is 1. The van der Waals surface area contributed by atoms with Gasteiger partial charge in [0.1, 0.15) is 28.7 Å². The monoisotopic (exact) mass is 547 g/mol. The fourth-order valence-electron chi connectivity index (χ4n) is 4.79. The Morgan fingerprint density at radius 2 is 1.68 bits per heavy atom. The van der Waals surface area contributed by atoms with Crippen LogP contribution in [0.5, 0.6) is 34.5 Å². The number of primary amides is 1. The third kappa shape index (κ3) is 4.62. The highest BCUT2D eigenvalue weighted by Gasteiger charge is 2.34. The number of carbonyl (C=O) groups is 2. The molecule has 1 amide bonds. The minimum atomic E-state index is -0.649. The van der Waals surface area contributed by atoms with E-state index in [1.54, 1.807) is 36.4 Å². The molecule has 3 N–H and O–H groups in total. The van der Waals surface area contributed by atoms with Gasteiger partial charge in [-0.3, -0.25) is 14.4 Å². The molecule has 40 heavy (non-hydrogen) atoms. The van der Waals surface area contributed by atoms with Crippen LogP contribution in [0.1, 0.15) is 23.5 Å². The van der Waals surface area contributed by atoms with Crippen molar-refractivity contribution in [2.75, 3.05) is 27.9 Å². The van der Waals surface area contributed by atoms with Crippen molar-refractivity contribution >= 4 is 22.8 Å². The summed E-state index contributed by atoms with van der Waals surface area (Å²) in [6.07, 6.45) is 1.22. The number of rotatable bonds is 8. The second-order valence-corrected chi connectivity index (χ2v) is 8.96. The zero-order valence-electron chi connectivity index (χ0n) is 21.8. The van der Waals surface area contributed by atoms with Gasteiger partial charge in [-0.05, 0) is 35.4 Å². The molecule has 206 valence electrons. The summed E-state index contributed by atoms with van der Waals surface area (Å²) in [5.74, 6) is -0.638. The van der Waals surface area contributed by atoms with E-state index in [1.165, 1.54) is 33.7 Å². The number of hydrogen-bond acceptors (Lipinski definition) is 10. The largest absolute Gasteiger partial charge is 0.507 e. The Morgan fingerprint density at radius 1 is 0.975 bits per heavy atom. The van der Waals surface area contributed by atoms with Crippen molar-refractivity contribution in [3.63, 3.8) is 0 Å². The van der Waals surface area contributed by atoms with Crippen molar-refractivity contribution in [1.29, 1.82) is 0 Å². The van der Waals surface area contributed by atoms with E-state index in [4.69, 9.17) is 33.8 Å². The predicted molar refractivity (Wildman–Crippen MR) is 142 cm³/mol. The molecule has 0 saturated heterocycles. The number of hydrogen-bond donors (Lipinski definition) is 2. The standard InChI is InChI=1S/C29H25NO10/c1-35-19-6-4-15(9-21(19)36-2)17-12-39-29-26-16(10-25(33)40-23(26)11-18(31)27(29)28(17)34)14-5-7-20(22(8-14)37-3)38-13-24(30)32/h4-9,11-12,16,31H,10,13H2,1-3H3,(H2,30,32). The summed E-state index contributed by atoms with van der Waals surface area (Å²) in [6.45, 7) is -0.341.